The SMILES string of the molecule is COc1ccc(CCC(=O)N2C[C@@H](O)C[C@@H]2c2ccc(F)cc2)cc1. The molecule has 0 aliphatic carbocycles. The largest absolute Gasteiger partial charge is 0.497 e. The molecule has 1 amide bonds. The monoisotopic (exact) mass is 343 g/mol. The maximum Gasteiger partial charge on any atom is 0.223 e. The molecule has 1 aliphatic rings. The van der Waals surface area contributed by atoms with E-state index < -0.39 is 6.10 Å². The predicted molar refractivity (Wildman–Crippen MR) is 92.8 cm³/mol. The minimum atomic E-state index is -0.542. The van der Waals surface area contributed by atoms with Crippen LogP contribution < -0.4 is 4.74 Å². The number of hydrogen-bond acceptors (Lipinski definition) is 3. The number of methoxy groups -OCH3 is 1. The second kappa shape index (κ2) is 7.66. The van der Waals surface area contributed by atoms with Crippen LogP contribution in [0.25, 0.3) is 0 Å². The second-order valence-electron chi connectivity index (χ2n) is 6.35. The summed E-state index contributed by atoms with van der Waals surface area (Å²) in [4.78, 5) is 14.4. The van der Waals surface area contributed by atoms with Gasteiger partial charge in [-0.2, -0.15) is 0 Å². The fourth-order valence-corrected chi connectivity index (χ4v) is 3.28. The van der Waals surface area contributed by atoms with Crippen LogP contribution in [0.5, 0.6) is 5.75 Å². The Morgan fingerprint density at radius 1 is 1.20 bits per heavy atom. The fourth-order valence-electron chi connectivity index (χ4n) is 3.28. The molecular weight excluding hydrogens is 321 g/mol. The van der Waals surface area contributed by atoms with Gasteiger partial charge in [0.05, 0.1) is 19.3 Å². The number of aliphatic hydroxyl groups excluding tert-OH is 1. The molecule has 1 fully saturated rings. The highest BCUT2D eigenvalue weighted by atomic mass is 19.1. The van der Waals surface area contributed by atoms with Gasteiger partial charge in [0.25, 0.3) is 0 Å². The zero-order valence-electron chi connectivity index (χ0n) is 14.2. The molecule has 2 aromatic rings. The van der Waals surface area contributed by atoms with Gasteiger partial charge >= 0.3 is 0 Å². The first-order chi connectivity index (χ1) is 12.1. The van der Waals surface area contributed by atoms with Gasteiger partial charge in [0.2, 0.25) is 5.91 Å². The number of carbonyl (C=O) groups is 1. The zero-order chi connectivity index (χ0) is 17.8. The normalized spacial score (nSPS) is 19.9. The summed E-state index contributed by atoms with van der Waals surface area (Å²) in [5, 5.41) is 10.00. The molecule has 132 valence electrons. The van der Waals surface area contributed by atoms with E-state index in [0.717, 1.165) is 16.9 Å². The van der Waals surface area contributed by atoms with Crippen LogP contribution in [-0.2, 0) is 11.2 Å². The number of hydrogen-bond donors (Lipinski definition) is 1. The van der Waals surface area contributed by atoms with E-state index in [9.17, 15) is 14.3 Å². The predicted octanol–water partition coefficient (Wildman–Crippen LogP) is 3.10. The van der Waals surface area contributed by atoms with Crippen molar-refractivity contribution in [1.29, 1.82) is 0 Å². The molecule has 0 saturated carbocycles. The number of nitrogens with zero attached hydrogens (tertiary/aromatic N) is 1. The molecular formula is C20H22FNO3. The topological polar surface area (TPSA) is 49.8 Å². The lowest BCUT2D eigenvalue weighted by atomic mass is 10.0. The van der Waals surface area contributed by atoms with Gasteiger partial charge in [0.15, 0.2) is 0 Å². The number of halogens is 1. The first-order valence-corrected chi connectivity index (χ1v) is 8.42. The molecule has 0 radical (unpaired) electrons. The third-order valence-corrected chi connectivity index (χ3v) is 4.64. The molecule has 1 heterocycles. The van der Waals surface area contributed by atoms with Crippen molar-refractivity contribution in [3.8, 4) is 5.75 Å². The number of β-amino-alcohol motifs (C(OH)–C–C–N with tert-alkyl or cyclic N) is 1. The summed E-state index contributed by atoms with van der Waals surface area (Å²) in [5.74, 6) is 0.482. The Morgan fingerprint density at radius 3 is 2.52 bits per heavy atom. The molecule has 1 N–H and O–H groups in total. The van der Waals surface area contributed by atoms with E-state index in [4.69, 9.17) is 4.74 Å². The summed E-state index contributed by atoms with van der Waals surface area (Å²) in [6.45, 7) is 0.323. The number of aryl methyl sites for hydroxylation is 1. The van der Waals surface area contributed by atoms with Crippen LogP contribution in [0.4, 0.5) is 4.39 Å². The Kier molecular flexibility index (Phi) is 5.34. The summed E-state index contributed by atoms with van der Waals surface area (Å²) < 4.78 is 18.3. The summed E-state index contributed by atoms with van der Waals surface area (Å²) in [5.41, 5.74) is 1.92. The van der Waals surface area contributed by atoms with E-state index in [1.807, 2.05) is 24.3 Å². The van der Waals surface area contributed by atoms with Gasteiger partial charge in [0, 0.05) is 13.0 Å². The number of rotatable bonds is 5. The van der Waals surface area contributed by atoms with Gasteiger partial charge in [-0.3, -0.25) is 4.79 Å². The minimum Gasteiger partial charge on any atom is -0.497 e. The summed E-state index contributed by atoms with van der Waals surface area (Å²) >= 11 is 0. The van der Waals surface area contributed by atoms with E-state index in [1.165, 1.54) is 12.1 Å². The number of benzene rings is 2. The van der Waals surface area contributed by atoms with E-state index >= 15 is 0 Å². The Labute approximate surface area is 146 Å². The molecule has 5 heteroatoms. The van der Waals surface area contributed by atoms with Crippen molar-refractivity contribution in [2.75, 3.05) is 13.7 Å². The highest BCUT2D eigenvalue weighted by molar-refractivity contribution is 5.77. The number of amides is 1. The van der Waals surface area contributed by atoms with Gasteiger partial charge in [-0.25, -0.2) is 4.39 Å². The van der Waals surface area contributed by atoms with E-state index in [-0.39, 0.29) is 17.8 Å². The lowest BCUT2D eigenvalue weighted by Gasteiger charge is -2.25. The van der Waals surface area contributed by atoms with Crippen molar-refractivity contribution in [2.45, 2.75) is 31.4 Å². The van der Waals surface area contributed by atoms with E-state index in [1.54, 1.807) is 24.1 Å². The number of aliphatic hydroxyl groups is 1. The van der Waals surface area contributed by atoms with E-state index in [2.05, 4.69) is 0 Å². The lowest BCUT2D eigenvalue weighted by Crippen LogP contribution is -2.31. The third kappa shape index (κ3) is 4.17. The standard InChI is InChI=1S/C20H22FNO3/c1-25-18-9-2-14(3-10-18)4-11-20(24)22-13-17(23)12-19(22)15-5-7-16(21)8-6-15/h2-3,5-10,17,19,23H,4,11-13H2,1H3/t17-,19+/m0/s1. The summed E-state index contributed by atoms with van der Waals surface area (Å²) in [6.07, 6.45) is 0.947. The Balaban J connectivity index is 1.65. The van der Waals surface area contributed by atoms with Crippen molar-refractivity contribution in [1.82, 2.24) is 4.90 Å². The second-order valence-corrected chi connectivity index (χ2v) is 6.35. The molecule has 0 spiro atoms. The van der Waals surface area contributed by atoms with Crippen LogP contribution in [-0.4, -0.2) is 35.7 Å². The summed E-state index contributed by atoms with van der Waals surface area (Å²) in [7, 11) is 1.62. The first-order valence-electron chi connectivity index (χ1n) is 8.42. The van der Waals surface area contributed by atoms with Gasteiger partial charge in [-0.1, -0.05) is 24.3 Å². The van der Waals surface area contributed by atoms with Crippen LogP contribution >= 0.6 is 0 Å². The Bertz CT molecular complexity index is 715. The molecule has 0 bridgehead atoms. The molecule has 2 atom stereocenters. The van der Waals surface area contributed by atoms with Crippen LogP contribution in [0.15, 0.2) is 48.5 Å². The molecule has 0 unspecified atom stereocenters. The van der Waals surface area contributed by atoms with Crippen molar-refractivity contribution in [2.24, 2.45) is 0 Å². The van der Waals surface area contributed by atoms with E-state index in [0.29, 0.717) is 25.8 Å². The molecule has 2 aromatic carbocycles. The molecule has 0 aromatic heterocycles. The van der Waals surface area contributed by atoms with Crippen molar-refractivity contribution in [3.05, 3.63) is 65.5 Å². The highest BCUT2D eigenvalue weighted by Gasteiger charge is 2.34. The Morgan fingerprint density at radius 2 is 1.88 bits per heavy atom. The minimum absolute atomic E-state index is 0.00157. The average Bonchev–Trinajstić information content (AvgIpc) is 3.02. The average molecular weight is 343 g/mol. The molecule has 1 aliphatic heterocycles. The summed E-state index contributed by atoms with van der Waals surface area (Å²) in [6, 6.07) is 13.6. The quantitative estimate of drug-likeness (QED) is 0.908. The molecule has 25 heavy (non-hydrogen) atoms. The van der Waals surface area contributed by atoms with Crippen LogP contribution in [0, 0.1) is 5.82 Å². The third-order valence-electron chi connectivity index (χ3n) is 4.64. The van der Waals surface area contributed by atoms with Gasteiger partial charge in [0.1, 0.15) is 11.6 Å². The Hall–Kier alpha value is -2.40. The number of carbonyl (C=O) groups excluding carboxylic acids is 1. The molecule has 3 rings (SSSR count). The first kappa shape index (κ1) is 17.4. The smallest absolute Gasteiger partial charge is 0.223 e. The zero-order valence-corrected chi connectivity index (χ0v) is 14.2. The van der Waals surface area contributed by atoms with Crippen LogP contribution in [0.2, 0.25) is 0 Å². The molecule has 4 nitrogen and oxygen atoms in total. The van der Waals surface area contributed by atoms with Gasteiger partial charge in [-0.15, -0.1) is 0 Å². The molecule has 1 saturated heterocycles. The van der Waals surface area contributed by atoms with Crippen molar-refractivity contribution >= 4 is 5.91 Å². The fraction of sp³-hybridized carbons (Fsp3) is 0.350. The van der Waals surface area contributed by atoms with Gasteiger partial charge in [-0.05, 0) is 48.2 Å². The lowest BCUT2D eigenvalue weighted by molar-refractivity contribution is -0.132. The van der Waals surface area contributed by atoms with Crippen LogP contribution in [0.3, 0.4) is 0 Å². The van der Waals surface area contributed by atoms with Crippen molar-refractivity contribution < 1.29 is 19.0 Å². The number of likely N-dealkylation sites (tertiary alicyclic amines) is 1. The van der Waals surface area contributed by atoms with Crippen LogP contribution in [0.1, 0.15) is 30.0 Å². The van der Waals surface area contributed by atoms with Crippen molar-refractivity contribution in [3.63, 3.8) is 0 Å². The highest BCUT2D eigenvalue weighted by Crippen LogP contribution is 2.33. The maximum absolute atomic E-state index is 13.1. The maximum atomic E-state index is 13.1. The van der Waals surface area contributed by atoms with Gasteiger partial charge < -0.3 is 14.7 Å². The number of ether oxygens (including phenoxy) is 1.